The van der Waals surface area contributed by atoms with Crippen molar-refractivity contribution in [3.8, 4) is 11.8 Å². The van der Waals surface area contributed by atoms with Crippen LogP contribution in [0, 0.1) is 11.8 Å². The summed E-state index contributed by atoms with van der Waals surface area (Å²) in [5, 5.41) is 0.891. The summed E-state index contributed by atoms with van der Waals surface area (Å²) in [5.74, 6) is 6.57. The molecule has 0 aliphatic carbocycles. The number of anilines is 1. The second kappa shape index (κ2) is 8.76. The fourth-order valence-corrected chi connectivity index (χ4v) is 4.54. The van der Waals surface area contributed by atoms with E-state index in [1.807, 2.05) is 22.8 Å². The number of hydrogen-bond donors (Lipinski definition) is 1. The van der Waals surface area contributed by atoms with Crippen LogP contribution in [0.2, 0.25) is 0 Å². The molecule has 174 valence electrons. The molecule has 0 amide bonds. The minimum Gasteiger partial charge on any atom is -0.341 e. The van der Waals surface area contributed by atoms with Gasteiger partial charge in [0.2, 0.25) is 5.95 Å². The van der Waals surface area contributed by atoms with E-state index in [1.54, 1.807) is 20.2 Å². The third-order valence-electron chi connectivity index (χ3n) is 6.28. The third kappa shape index (κ3) is 3.74. The van der Waals surface area contributed by atoms with Gasteiger partial charge < -0.3 is 10.6 Å². The van der Waals surface area contributed by atoms with Crippen molar-refractivity contribution >= 4 is 28.0 Å². The zero-order valence-electron chi connectivity index (χ0n) is 19.2. The van der Waals surface area contributed by atoms with Crippen LogP contribution in [-0.4, -0.2) is 47.8 Å². The molecule has 2 N–H and O–H groups in total. The number of piperidine rings is 1. The van der Waals surface area contributed by atoms with Gasteiger partial charge in [-0.2, -0.15) is 4.98 Å². The van der Waals surface area contributed by atoms with E-state index < -0.39 is 5.69 Å². The lowest BCUT2D eigenvalue weighted by molar-refractivity contribution is 0.496. The Bertz CT molecular complexity index is 1570. The van der Waals surface area contributed by atoms with Gasteiger partial charge in [0.05, 0.1) is 18.6 Å². The molecule has 0 spiro atoms. The summed E-state index contributed by atoms with van der Waals surface area (Å²) in [6.45, 7) is 3.61. The SMILES string of the molecule is CC#CCn1c(N2CCC[C@@H](N)C2)nc2c1c(=O)n(Cc1ccc3cncnc3c1)c(=O)n2C. The third-order valence-corrected chi connectivity index (χ3v) is 6.28. The maximum atomic E-state index is 13.7. The monoisotopic (exact) mass is 458 g/mol. The number of imidazole rings is 1. The van der Waals surface area contributed by atoms with Gasteiger partial charge in [-0.05, 0) is 31.4 Å². The number of nitrogens with two attached hydrogens (primary N) is 1. The second-order valence-electron chi connectivity index (χ2n) is 8.59. The maximum Gasteiger partial charge on any atom is 0.332 e. The molecule has 1 saturated heterocycles. The van der Waals surface area contributed by atoms with Crippen molar-refractivity contribution < 1.29 is 0 Å². The van der Waals surface area contributed by atoms with E-state index in [0.29, 0.717) is 30.2 Å². The van der Waals surface area contributed by atoms with Crippen LogP contribution < -0.4 is 21.9 Å². The van der Waals surface area contributed by atoms with E-state index in [1.165, 1.54) is 15.5 Å². The van der Waals surface area contributed by atoms with Gasteiger partial charge in [0.1, 0.15) is 6.33 Å². The van der Waals surface area contributed by atoms with Gasteiger partial charge in [-0.25, -0.2) is 14.8 Å². The molecule has 1 atom stereocenters. The minimum atomic E-state index is -0.423. The molecule has 1 aromatic carbocycles. The van der Waals surface area contributed by atoms with Gasteiger partial charge in [-0.3, -0.25) is 18.5 Å². The summed E-state index contributed by atoms with van der Waals surface area (Å²) in [7, 11) is 1.64. The lowest BCUT2D eigenvalue weighted by Crippen LogP contribution is -2.44. The van der Waals surface area contributed by atoms with Crippen molar-refractivity contribution in [1.29, 1.82) is 0 Å². The number of aryl methyl sites for hydroxylation is 1. The highest BCUT2D eigenvalue weighted by molar-refractivity contribution is 5.78. The molecule has 1 aliphatic rings. The fourth-order valence-electron chi connectivity index (χ4n) is 4.54. The molecule has 4 heterocycles. The molecule has 4 aromatic rings. The highest BCUT2D eigenvalue weighted by Crippen LogP contribution is 2.23. The molecular weight excluding hydrogens is 432 g/mol. The molecule has 0 unspecified atom stereocenters. The van der Waals surface area contributed by atoms with Crippen molar-refractivity contribution in [2.24, 2.45) is 12.8 Å². The zero-order chi connectivity index (χ0) is 23.8. The summed E-state index contributed by atoms with van der Waals surface area (Å²) in [6, 6.07) is 5.67. The maximum absolute atomic E-state index is 13.7. The second-order valence-corrected chi connectivity index (χ2v) is 8.59. The molecule has 0 radical (unpaired) electrons. The van der Waals surface area contributed by atoms with Crippen LogP contribution in [0.5, 0.6) is 0 Å². The standard InChI is InChI=1S/C24H26N8O2/c1-3-4-10-31-20-21(28-23(31)30-9-5-6-18(25)14-30)29(2)24(34)32(22(20)33)13-16-7-8-17-12-26-15-27-19(17)11-16/h7-8,11-12,15,18H,5-6,9-10,13-14,25H2,1-2H3/t18-/m1/s1. The summed E-state index contributed by atoms with van der Waals surface area (Å²) >= 11 is 0. The summed E-state index contributed by atoms with van der Waals surface area (Å²) in [4.78, 5) is 42.0. The van der Waals surface area contributed by atoms with Crippen molar-refractivity contribution in [3.05, 3.63) is 57.1 Å². The van der Waals surface area contributed by atoms with Crippen molar-refractivity contribution in [2.75, 3.05) is 18.0 Å². The van der Waals surface area contributed by atoms with E-state index in [9.17, 15) is 9.59 Å². The smallest absolute Gasteiger partial charge is 0.332 e. The number of hydrogen-bond acceptors (Lipinski definition) is 7. The first-order valence-electron chi connectivity index (χ1n) is 11.3. The average Bonchev–Trinajstić information content (AvgIpc) is 3.23. The zero-order valence-corrected chi connectivity index (χ0v) is 19.2. The molecule has 0 saturated carbocycles. The van der Waals surface area contributed by atoms with Crippen LogP contribution in [0.4, 0.5) is 5.95 Å². The van der Waals surface area contributed by atoms with Gasteiger partial charge in [-0.1, -0.05) is 18.1 Å². The Balaban J connectivity index is 1.68. The molecule has 10 nitrogen and oxygen atoms in total. The van der Waals surface area contributed by atoms with Crippen LogP contribution in [0.25, 0.3) is 22.1 Å². The van der Waals surface area contributed by atoms with E-state index >= 15 is 0 Å². The number of rotatable bonds is 4. The first kappa shape index (κ1) is 21.9. The number of aromatic nitrogens is 6. The normalized spacial score (nSPS) is 16.1. The van der Waals surface area contributed by atoms with Crippen LogP contribution in [0.1, 0.15) is 25.3 Å². The molecule has 10 heteroatoms. The van der Waals surface area contributed by atoms with E-state index in [4.69, 9.17) is 10.7 Å². The molecule has 0 bridgehead atoms. The minimum absolute atomic E-state index is 0.0384. The largest absolute Gasteiger partial charge is 0.341 e. The first-order valence-corrected chi connectivity index (χ1v) is 11.3. The van der Waals surface area contributed by atoms with E-state index in [-0.39, 0.29) is 18.1 Å². The molecule has 5 rings (SSSR count). The Morgan fingerprint density at radius 2 is 2.09 bits per heavy atom. The number of benzene rings is 1. The Kier molecular flexibility index (Phi) is 5.63. The van der Waals surface area contributed by atoms with Crippen molar-refractivity contribution in [2.45, 2.75) is 38.9 Å². The van der Waals surface area contributed by atoms with Crippen LogP contribution in [0.3, 0.4) is 0 Å². The quantitative estimate of drug-likeness (QED) is 0.450. The van der Waals surface area contributed by atoms with E-state index in [0.717, 1.165) is 35.9 Å². The van der Waals surface area contributed by atoms with Gasteiger partial charge >= 0.3 is 5.69 Å². The van der Waals surface area contributed by atoms with Crippen molar-refractivity contribution in [3.63, 3.8) is 0 Å². The van der Waals surface area contributed by atoms with Crippen molar-refractivity contribution in [1.82, 2.24) is 28.7 Å². The molecule has 34 heavy (non-hydrogen) atoms. The Morgan fingerprint density at radius 1 is 1.24 bits per heavy atom. The number of fused-ring (bicyclic) bond motifs is 2. The van der Waals surface area contributed by atoms with Gasteiger partial charge in [0, 0.05) is 37.8 Å². The predicted octanol–water partition coefficient (Wildman–Crippen LogP) is 0.839. The van der Waals surface area contributed by atoms with Gasteiger partial charge in [0.25, 0.3) is 5.56 Å². The average molecular weight is 459 g/mol. The van der Waals surface area contributed by atoms with E-state index in [2.05, 4.69) is 26.7 Å². The lowest BCUT2D eigenvalue weighted by atomic mass is 10.1. The predicted molar refractivity (Wildman–Crippen MR) is 131 cm³/mol. The van der Waals surface area contributed by atoms with Crippen LogP contribution in [0.15, 0.2) is 40.3 Å². The molecule has 1 fully saturated rings. The van der Waals surface area contributed by atoms with Gasteiger partial charge in [0.15, 0.2) is 11.2 Å². The number of nitrogens with zero attached hydrogens (tertiary/aromatic N) is 7. The first-order chi connectivity index (χ1) is 16.5. The van der Waals surface area contributed by atoms with Crippen LogP contribution in [-0.2, 0) is 20.1 Å². The fraction of sp³-hybridized carbons (Fsp3) is 0.375. The lowest BCUT2D eigenvalue weighted by Gasteiger charge is -2.31. The summed E-state index contributed by atoms with van der Waals surface area (Å²) < 4.78 is 4.49. The van der Waals surface area contributed by atoms with Gasteiger partial charge in [-0.15, -0.1) is 5.92 Å². The highest BCUT2D eigenvalue weighted by atomic mass is 16.2. The Labute approximate surface area is 195 Å². The Hall–Kier alpha value is -3.97. The molecule has 1 aliphatic heterocycles. The Morgan fingerprint density at radius 3 is 2.88 bits per heavy atom. The topological polar surface area (TPSA) is 117 Å². The molecular formula is C24H26N8O2. The summed E-state index contributed by atoms with van der Waals surface area (Å²) in [6.07, 6.45) is 5.10. The molecule has 3 aromatic heterocycles. The summed E-state index contributed by atoms with van der Waals surface area (Å²) in [5.41, 5.74) is 7.66. The van der Waals surface area contributed by atoms with Crippen LogP contribution >= 0.6 is 0 Å². The highest BCUT2D eigenvalue weighted by Gasteiger charge is 2.26.